The molecular formula is C17H23NO4. The van der Waals surface area contributed by atoms with E-state index in [1.165, 1.54) is 0 Å². The molecule has 1 heterocycles. The van der Waals surface area contributed by atoms with Gasteiger partial charge in [-0.1, -0.05) is 24.6 Å². The third-order valence-electron chi connectivity index (χ3n) is 4.26. The Bertz CT molecular complexity index is 570. The molecule has 1 aromatic carbocycles. The second-order valence-corrected chi connectivity index (χ2v) is 6.11. The van der Waals surface area contributed by atoms with Crippen molar-refractivity contribution in [2.24, 2.45) is 11.8 Å². The van der Waals surface area contributed by atoms with Crippen LogP contribution in [-0.2, 0) is 9.59 Å². The van der Waals surface area contributed by atoms with Crippen LogP contribution in [-0.4, -0.2) is 41.6 Å². The summed E-state index contributed by atoms with van der Waals surface area (Å²) in [6, 6.07) is 5.84. The zero-order valence-corrected chi connectivity index (χ0v) is 13.3. The van der Waals surface area contributed by atoms with Gasteiger partial charge in [0.05, 0.1) is 5.92 Å². The van der Waals surface area contributed by atoms with Crippen LogP contribution in [0.2, 0.25) is 0 Å². The van der Waals surface area contributed by atoms with Crippen molar-refractivity contribution in [3.05, 3.63) is 29.3 Å². The largest absolute Gasteiger partial charge is 0.484 e. The number of hydrogen-bond donors (Lipinski definition) is 1. The van der Waals surface area contributed by atoms with Gasteiger partial charge in [0.1, 0.15) is 5.75 Å². The number of aliphatic carboxylic acids is 1. The Morgan fingerprint density at radius 1 is 1.36 bits per heavy atom. The predicted molar refractivity (Wildman–Crippen MR) is 82.9 cm³/mol. The monoisotopic (exact) mass is 305 g/mol. The second kappa shape index (κ2) is 6.81. The normalized spacial score (nSPS) is 21.5. The van der Waals surface area contributed by atoms with Crippen LogP contribution in [0.1, 0.15) is 24.5 Å². The van der Waals surface area contributed by atoms with E-state index in [9.17, 15) is 9.59 Å². The van der Waals surface area contributed by atoms with Crippen LogP contribution in [0.15, 0.2) is 18.2 Å². The number of aryl methyl sites for hydroxylation is 2. The van der Waals surface area contributed by atoms with Crippen molar-refractivity contribution in [3.63, 3.8) is 0 Å². The Morgan fingerprint density at radius 2 is 2.09 bits per heavy atom. The van der Waals surface area contributed by atoms with E-state index < -0.39 is 5.97 Å². The number of carboxylic acid groups (broad SMARTS) is 1. The molecule has 1 aromatic rings. The molecule has 22 heavy (non-hydrogen) atoms. The Labute approximate surface area is 130 Å². The molecule has 1 saturated heterocycles. The van der Waals surface area contributed by atoms with Crippen LogP contribution in [0.4, 0.5) is 0 Å². The summed E-state index contributed by atoms with van der Waals surface area (Å²) in [4.78, 5) is 25.0. The van der Waals surface area contributed by atoms with Crippen LogP contribution in [0.5, 0.6) is 5.75 Å². The molecular weight excluding hydrogens is 282 g/mol. The summed E-state index contributed by atoms with van der Waals surface area (Å²) in [5, 5.41) is 9.11. The van der Waals surface area contributed by atoms with Gasteiger partial charge >= 0.3 is 5.97 Å². The van der Waals surface area contributed by atoms with Crippen molar-refractivity contribution in [1.82, 2.24) is 4.90 Å². The number of amides is 1. The highest BCUT2D eigenvalue weighted by Gasteiger charge is 2.32. The van der Waals surface area contributed by atoms with E-state index in [1.807, 2.05) is 39.0 Å². The number of ether oxygens (including phenoxy) is 1. The highest BCUT2D eigenvalue weighted by Crippen LogP contribution is 2.24. The van der Waals surface area contributed by atoms with E-state index in [1.54, 1.807) is 4.90 Å². The summed E-state index contributed by atoms with van der Waals surface area (Å²) >= 11 is 0. The Morgan fingerprint density at radius 3 is 2.68 bits per heavy atom. The summed E-state index contributed by atoms with van der Waals surface area (Å²) in [6.07, 6.45) is 0.506. The second-order valence-electron chi connectivity index (χ2n) is 6.11. The molecule has 1 amide bonds. The lowest BCUT2D eigenvalue weighted by Crippen LogP contribution is -2.46. The van der Waals surface area contributed by atoms with Crippen LogP contribution in [0.3, 0.4) is 0 Å². The fourth-order valence-corrected chi connectivity index (χ4v) is 2.93. The fourth-order valence-electron chi connectivity index (χ4n) is 2.93. The van der Waals surface area contributed by atoms with E-state index in [4.69, 9.17) is 9.84 Å². The summed E-state index contributed by atoms with van der Waals surface area (Å²) in [5.74, 6) is -0.533. The van der Waals surface area contributed by atoms with Gasteiger partial charge in [-0.05, 0) is 37.8 Å². The lowest BCUT2D eigenvalue weighted by atomic mass is 9.87. The number of piperidine rings is 1. The first-order valence-electron chi connectivity index (χ1n) is 7.59. The van der Waals surface area contributed by atoms with E-state index in [0.29, 0.717) is 25.3 Å². The van der Waals surface area contributed by atoms with Gasteiger partial charge in [-0.15, -0.1) is 0 Å². The van der Waals surface area contributed by atoms with Crippen molar-refractivity contribution in [2.45, 2.75) is 27.2 Å². The summed E-state index contributed by atoms with van der Waals surface area (Å²) in [6.45, 7) is 6.79. The molecule has 5 heteroatoms. The Hall–Kier alpha value is -2.04. The van der Waals surface area contributed by atoms with Crippen molar-refractivity contribution in [2.75, 3.05) is 19.7 Å². The highest BCUT2D eigenvalue weighted by atomic mass is 16.5. The lowest BCUT2D eigenvalue weighted by molar-refractivity contribution is -0.148. The number of rotatable bonds is 4. The Balaban J connectivity index is 1.89. The molecule has 5 nitrogen and oxygen atoms in total. The minimum Gasteiger partial charge on any atom is -0.484 e. The van der Waals surface area contributed by atoms with Gasteiger partial charge in [0, 0.05) is 13.1 Å². The zero-order chi connectivity index (χ0) is 16.3. The van der Waals surface area contributed by atoms with Gasteiger partial charge < -0.3 is 14.7 Å². The SMILES string of the molecule is Cc1ccc(OCC(=O)N2CCC(C(=O)O)C(C)C2)c(C)c1. The quantitative estimate of drug-likeness (QED) is 0.926. The number of carboxylic acids is 1. The average molecular weight is 305 g/mol. The average Bonchev–Trinajstić information content (AvgIpc) is 2.45. The molecule has 2 unspecified atom stereocenters. The summed E-state index contributed by atoms with van der Waals surface area (Å²) in [5.41, 5.74) is 2.16. The minimum absolute atomic E-state index is 0.00560. The predicted octanol–water partition coefficient (Wildman–Crippen LogP) is 2.25. The van der Waals surface area contributed by atoms with E-state index in [2.05, 4.69) is 0 Å². The highest BCUT2D eigenvalue weighted by molar-refractivity contribution is 5.78. The standard InChI is InChI=1S/C17H23NO4/c1-11-4-5-15(12(2)8-11)22-10-16(19)18-7-6-14(17(20)21)13(3)9-18/h4-5,8,13-14H,6-7,9-10H2,1-3H3,(H,20,21). The van der Waals surface area contributed by atoms with Gasteiger partial charge in [0.2, 0.25) is 0 Å². The third-order valence-corrected chi connectivity index (χ3v) is 4.26. The topological polar surface area (TPSA) is 66.8 Å². The number of benzene rings is 1. The third kappa shape index (κ3) is 3.78. The molecule has 2 atom stereocenters. The first-order chi connectivity index (χ1) is 10.4. The molecule has 1 aliphatic heterocycles. The number of likely N-dealkylation sites (tertiary alicyclic amines) is 1. The van der Waals surface area contributed by atoms with Gasteiger partial charge in [0.25, 0.3) is 5.91 Å². The molecule has 0 aromatic heterocycles. The molecule has 0 radical (unpaired) electrons. The number of carbonyl (C=O) groups is 2. The molecule has 1 fully saturated rings. The smallest absolute Gasteiger partial charge is 0.306 e. The molecule has 1 N–H and O–H groups in total. The van der Waals surface area contributed by atoms with E-state index in [-0.39, 0.29) is 24.3 Å². The van der Waals surface area contributed by atoms with Gasteiger partial charge in [-0.3, -0.25) is 9.59 Å². The molecule has 0 spiro atoms. The molecule has 120 valence electrons. The van der Waals surface area contributed by atoms with Crippen molar-refractivity contribution >= 4 is 11.9 Å². The Kier molecular flexibility index (Phi) is 5.06. The molecule has 0 saturated carbocycles. The zero-order valence-electron chi connectivity index (χ0n) is 13.3. The molecule has 1 aliphatic rings. The first-order valence-corrected chi connectivity index (χ1v) is 7.59. The molecule has 0 aliphatic carbocycles. The maximum absolute atomic E-state index is 12.2. The maximum atomic E-state index is 12.2. The maximum Gasteiger partial charge on any atom is 0.306 e. The van der Waals surface area contributed by atoms with E-state index in [0.717, 1.165) is 11.1 Å². The van der Waals surface area contributed by atoms with Crippen LogP contribution in [0, 0.1) is 25.7 Å². The van der Waals surface area contributed by atoms with Gasteiger partial charge in [-0.2, -0.15) is 0 Å². The summed E-state index contributed by atoms with van der Waals surface area (Å²) < 4.78 is 5.61. The minimum atomic E-state index is -0.772. The van der Waals surface area contributed by atoms with Crippen molar-refractivity contribution in [1.29, 1.82) is 0 Å². The van der Waals surface area contributed by atoms with Crippen molar-refractivity contribution in [3.8, 4) is 5.75 Å². The van der Waals surface area contributed by atoms with Gasteiger partial charge in [0.15, 0.2) is 6.61 Å². The molecule has 0 bridgehead atoms. The van der Waals surface area contributed by atoms with Gasteiger partial charge in [-0.25, -0.2) is 0 Å². The summed E-state index contributed by atoms with van der Waals surface area (Å²) in [7, 11) is 0. The lowest BCUT2D eigenvalue weighted by Gasteiger charge is -2.34. The van der Waals surface area contributed by atoms with Crippen molar-refractivity contribution < 1.29 is 19.4 Å². The van der Waals surface area contributed by atoms with Crippen LogP contribution in [0.25, 0.3) is 0 Å². The van der Waals surface area contributed by atoms with Crippen LogP contribution < -0.4 is 4.74 Å². The number of hydrogen-bond acceptors (Lipinski definition) is 3. The number of carbonyl (C=O) groups excluding carboxylic acids is 1. The number of nitrogens with zero attached hydrogens (tertiary/aromatic N) is 1. The first kappa shape index (κ1) is 16.3. The molecule has 2 rings (SSSR count). The van der Waals surface area contributed by atoms with E-state index >= 15 is 0 Å². The van der Waals surface area contributed by atoms with Crippen LogP contribution >= 0.6 is 0 Å². The fraction of sp³-hybridized carbons (Fsp3) is 0.529.